The second-order valence-corrected chi connectivity index (χ2v) is 18.7. The number of allylic oxidation sites excluding steroid dienone is 10. The molecule has 6 unspecified atom stereocenters. The minimum atomic E-state index is -5.03. The molecular weight excluding hydrogens is 836 g/mol. The van der Waals surface area contributed by atoms with E-state index in [0.29, 0.717) is 13.0 Å². The molecule has 12 nitrogen and oxygen atoms in total. The van der Waals surface area contributed by atoms with Gasteiger partial charge in [0.05, 0.1) is 13.2 Å². The predicted octanol–water partition coefficient (Wildman–Crippen LogP) is 11.0. The zero-order chi connectivity index (χ0) is 46.9. The van der Waals surface area contributed by atoms with Crippen LogP contribution in [0, 0.1) is 0 Å². The van der Waals surface area contributed by atoms with Crippen molar-refractivity contribution in [3.63, 3.8) is 0 Å². The lowest BCUT2D eigenvalue weighted by Gasteiger charge is -2.41. The molecule has 0 aliphatic heterocycles. The number of ether oxygens (including phenoxy) is 2. The molecule has 64 heavy (non-hydrogen) atoms. The molecule has 1 aliphatic rings. The summed E-state index contributed by atoms with van der Waals surface area (Å²) in [5, 5.41) is 50.3. The van der Waals surface area contributed by atoms with E-state index in [1.807, 2.05) is 0 Å². The SMILES string of the molecule is CC/C=C\C/C=C\C/C=C\C/C=C\CCCCCCCOCC(COP(=O)(O)OC1C(O)C(O)C(O)C(O)C1O)OC(=O)CCCCCCCCCCC/C=C\CCCCCCCC. The van der Waals surface area contributed by atoms with Crippen LogP contribution in [0.2, 0.25) is 0 Å². The van der Waals surface area contributed by atoms with E-state index < -0.39 is 63.1 Å². The van der Waals surface area contributed by atoms with Gasteiger partial charge in [-0.15, -0.1) is 0 Å². The van der Waals surface area contributed by atoms with E-state index in [9.17, 15) is 39.8 Å². The molecule has 6 atom stereocenters. The van der Waals surface area contributed by atoms with E-state index in [2.05, 4.69) is 74.6 Å². The number of phosphoric acid groups is 1. The number of carbonyl (C=O) groups excluding carboxylic acids is 1. The number of hydrogen-bond acceptors (Lipinski definition) is 11. The van der Waals surface area contributed by atoms with Crippen LogP contribution in [0.1, 0.15) is 194 Å². The average molecular weight is 927 g/mol. The van der Waals surface area contributed by atoms with Crippen molar-refractivity contribution < 1.29 is 58.3 Å². The molecule has 0 amide bonds. The van der Waals surface area contributed by atoms with Gasteiger partial charge in [0.1, 0.15) is 42.7 Å². The number of hydrogen-bond donors (Lipinski definition) is 6. The summed E-state index contributed by atoms with van der Waals surface area (Å²) in [5.74, 6) is -0.487. The average Bonchev–Trinajstić information content (AvgIpc) is 3.28. The minimum Gasteiger partial charge on any atom is -0.457 e. The van der Waals surface area contributed by atoms with Gasteiger partial charge in [-0.1, -0.05) is 171 Å². The number of rotatable bonds is 42. The van der Waals surface area contributed by atoms with Gasteiger partial charge < -0.3 is 39.9 Å². The Morgan fingerprint density at radius 2 is 0.922 bits per heavy atom. The number of aliphatic hydroxyl groups excluding tert-OH is 5. The van der Waals surface area contributed by atoms with E-state index in [-0.39, 0.29) is 13.0 Å². The molecule has 1 aliphatic carbocycles. The summed E-state index contributed by atoms with van der Waals surface area (Å²) in [6.45, 7) is 4.11. The van der Waals surface area contributed by atoms with Gasteiger partial charge in [-0.05, 0) is 77.0 Å². The molecule has 0 aromatic heterocycles. The Morgan fingerprint density at radius 1 is 0.516 bits per heavy atom. The van der Waals surface area contributed by atoms with Gasteiger partial charge in [0.15, 0.2) is 0 Å². The fraction of sp³-hybridized carbons (Fsp3) is 0.784. The molecule has 6 N–H and O–H groups in total. The first-order chi connectivity index (χ1) is 31.0. The van der Waals surface area contributed by atoms with Gasteiger partial charge in [0.25, 0.3) is 0 Å². The van der Waals surface area contributed by atoms with Gasteiger partial charge in [-0.25, -0.2) is 4.57 Å². The highest BCUT2D eigenvalue weighted by atomic mass is 31.2. The topological polar surface area (TPSA) is 192 Å². The van der Waals surface area contributed by atoms with Crippen LogP contribution in [0.15, 0.2) is 60.8 Å². The highest BCUT2D eigenvalue weighted by Crippen LogP contribution is 2.47. The summed E-state index contributed by atoms with van der Waals surface area (Å²) in [4.78, 5) is 23.2. The molecule has 0 spiro atoms. The largest absolute Gasteiger partial charge is 0.472 e. The lowest BCUT2D eigenvalue weighted by molar-refractivity contribution is -0.220. The third-order valence-electron chi connectivity index (χ3n) is 11.4. The van der Waals surface area contributed by atoms with Gasteiger partial charge >= 0.3 is 13.8 Å². The van der Waals surface area contributed by atoms with E-state index >= 15 is 0 Å². The molecule has 13 heteroatoms. The van der Waals surface area contributed by atoms with Crippen molar-refractivity contribution in [2.75, 3.05) is 19.8 Å². The van der Waals surface area contributed by atoms with Gasteiger partial charge in [0.2, 0.25) is 0 Å². The molecule has 1 rings (SSSR count). The summed E-state index contributed by atoms with van der Waals surface area (Å²) in [7, 11) is -5.03. The van der Waals surface area contributed by atoms with Crippen molar-refractivity contribution in [1.82, 2.24) is 0 Å². The standard InChI is InChI=1S/C51H91O12P/c1-3-5-7-9-11-13-15-17-19-21-23-24-26-28-30-32-34-36-38-40-45(52)62-44(43-61-64(58,59)63-51-49(56)47(54)46(53)48(55)50(51)57)42-60-41-39-37-35-33-31-29-27-25-22-20-18-16-14-12-10-8-6-4-2/h6,8,12,14,17-20,25,27,44,46-51,53-57H,3-5,7,9-11,13,15-16,21-24,26,28-43H2,1-2H3,(H,58,59)/b8-6-,14-12-,19-17-,20-18-,27-25-. The van der Waals surface area contributed by atoms with Crippen molar-refractivity contribution in [2.45, 2.75) is 236 Å². The van der Waals surface area contributed by atoms with E-state index in [0.717, 1.165) is 83.5 Å². The number of phosphoric ester groups is 1. The Bertz CT molecular complexity index is 1290. The van der Waals surface area contributed by atoms with Gasteiger partial charge in [0, 0.05) is 13.0 Å². The Balaban J connectivity index is 2.37. The summed E-state index contributed by atoms with van der Waals surface area (Å²) in [6, 6.07) is 0. The van der Waals surface area contributed by atoms with Crippen molar-refractivity contribution in [2.24, 2.45) is 0 Å². The monoisotopic (exact) mass is 927 g/mol. The molecule has 0 heterocycles. The van der Waals surface area contributed by atoms with Crippen LogP contribution in [-0.2, 0) is 27.9 Å². The quantitative estimate of drug-likeness (QED) is 0.0147. The summed E-state index contributed by atoms with van der Waals surface area (Å²) in [6.07, 6.45) is 40.0. The number of aliphatic hydroxyl groups is 5. The normalized spacial score (nSPS) is 22.2. The molecule has 0 aromatic rings. The van der Waals surface area contributed by atoms with E-state index in [4.69, 9.17) is 18.5 Å². The van der Waals surface area contributed by atoms with Crippen LogP contribution in [0.3, 0.4) is 0 Å². The van der Waals surface area contributed by atoms with Crippen LogP contribution in [-0.4, -0.2) is 98.9 Å². The smallest absolute Gasteiger partial charge is 0.457 e. The molecule has 0 aromatic carbocycles. The predicted molar refractivity (Wildman–Crippen MR) is 258 cm³/mol. The maximum absolute atomic E-state index is 12.8. The highest BCUT2D eigenvalue weighted by Gasteiger charge is 2.51. The van der Waals surface area contributed by atoms with Gasteiger partial charge in [-0.3, -0.25) is 13.8 Å². The minimum absolute atomic E-state index is 0.0919. The van der Waals surface area contributed by atoms with Crippen LogP contribution in [0.25, 0.3) is 0 Å². The molecule has 1 saturated carbocycles. The Hall–Kier alpha value is -1.96. The lowest BCUT2D eigenvalue weighted by Crippen LogP contribution is -2.64. The van der Waals surface area contributed by atoms with Crippen LogP contribution in [0.5, 0.6) is 0 Å². The maximum atomic E-state index is 12.8. The molecule has 0 bridgehead atoms. The molecule has 1 fully saturated rings. The molecule has 0 radical (unpaired) electrons. The van der Waals surface area contributed by atoms with Crippen molar-refractivity contribution in [1.29, 1.82) is 0 Å². The fourth-order valence-corrected chi connectivity index (χ4v) is 8.37. The second-order valence-electron chi connectivity index (χ2n) is 17.3. The van der Waals surface area contributed by atoms with Crippen LogP contribution < -0.4 is 0 Å². The van der Waals surface area contributed by atoms with Crippen molar-refractivity contribution in [3.05, 3.63) is 60.8 Å². The first kappa shape index (κ1) is 60.1. The number of esters is 1. The molecule has 0 saturated heterocycles. The lowest BCUT2D eigenvalue weighted by atomic mass is 9.85. The maximum Gasteiger partial charge on any atom is 0.472 e. The second kappa shape index (κ2) is 41.2. The molecular formula is C51H91O12P. The highest BCUT2D eigenvalue weighted by molar-refractivity contribution is 7.47. The summed E-state index contributed by atoms with van der Waals surface area (Å²) < 4.78 is 34.3. The summed E-state index contributed by atoms with van der Waals surface area (Å²) >= 11 is 0. The van der Waals surface area contributed by atoms with E-state index in [1.54, 1.807) is 0 Å². The number of carbonyl (C=O) groups is 1. The summed E-state index contributed by atoms with van der Waals surface area (Å²) in [5.41, 5.74) is 0. The van der Waals surface area contributed by atoms with Crippen molar-refractivity contribution in [3.8, 4) is 0 Å². The zero-order valence-corrected chi connectivity index (χ0v) is 40.7. The number of unbranched alkanes of at least 4 members (excludes halogenated alkanes) is 20. The van der Waals surface area contributed by atoms with Gasteiger partial charge in [-0.2, -0.15) is 0 Å². The van der Waals surface area contributed by atoms with E-state index in [1.165, 1.54) is 83.5 Å². The molecule has 372 valence electrons. The van der Waals surface area contributed by atoms with Crippen LogP contribution >= 0.6 is 7.82 Å². The third-order valence-corrected chi connectivity index (χ3v) is 12.4. The fourth-order valence-electron chi connectivity index (χ4n) is 7.40. The van der Waals surface area contributed by atoms with Crippen LogP contribution in [0.4, 0.5) is 0 Å². The Kier molecular flexibility index (Phi) is 38.7. The zero-order valence-electron chi connectivity index (χ0n) is 39.8. The van der Waals surface area contributed by atoms with Crippen molar-refractivity contribution >= 4 is 13.8 Å². The Morgan fingerprint density at radius 3 is 1.42 bits per heavy atom. The Labute approximate surface area is 387 Å². The third kappa shape index (κ3) is 32.7. The first-order valence-electron chi connectivity index (χ1n) is 25.1. The first-order valence-corrected chi connectivity index (χ1v) is 26.6.